The zero-order valence-electron chi connectivity index (χ0n) is 30.3. The number of aromatic nitrogens is 1. The Morgan fingerprint density at radius 3 is 2.45 bits per heavy atom. The van der Waals surface area contributed by atoms with Gasteiger partial charge in [-0.05, 0) is 87.8 Å². The van der Waals surface area contributed by atoms with E-state index in [0.717, 1.165) is 64.2 Å². The number of nitrogens with zero attached hydrogens (tertiary/aromatic N) is 4. The van der Waals surface area contributed by atoms with E-state index in [1.165, 1.54) is 33.0 Å². The van der Waals surface area contributed by atoms with E-state index >= 15 is 0 Å². The molecule has 1 heterocycles. The zero-order chi connectivity index (χ0) is 36.6. The van der Waals surface area contributed by atoms with Gasteiger partial charge in [0, 0.05) is 29.9 Å². The van der Waals surface area contributed by atoms with Gasteiger partial charge in [0.1, 0.15) is 12.0 Å². The second kappa shape index (κ2) is 16.3. The molecule has 0 saturated heterocycles. The molecular formula is C49H44N4. The van der Waals surface area contributed by atoms with E-state index in [0.29, 0.717) is 6.54 Å². The van der Waals surface area contributed by atoms with E-state index in [4.69, 9.17) is 9.98 Å². The fourth-order valence-corrected chi connectivity index (χ4v) is 7.33. The monoisotopic (exact) mass is 688 g/mol. The molecule has 4 nitrogen and oxygen atoms in total. The second-order valence-corrected chi connectivity index (χ2v) is 13.2. The molecule has 0 fully saturated rings. The molecular weight excluding hydrogens is 645 g/mol. The van der Waals surface area contributed by atoms with Crippen molar-refractivity contribution in [3.63, 3.8) is 0 Å². The lowest BCUT2D eigenvalue weighted by atomic mass is 9.88. The Morgan fingerprint density at radius 1 is 0.849 bits per heavy atom. The molecule has 0 aliphatic heterocycles. The van der Waals surface area contributed by atoms with E-state index in [9.17, 15) is 0 Å². The van der Waals surface area contributed by atoms with Gasteiger partial charge < -0.3 is 4.90 Å². The van der Waals surface area contributed by atoms with Gasteiger partial charge in [-0.2, -0.15) is 0 Å². The van der Waals surface area contributed by atoms with Crippen LogP contribution in [0.15, 0.2) is 162 Å². The Labute approximate surface area is 313 Å². The molecule has 0 bridgehead atoms. The van der Waals surface area contributed by atoms with Gasteiger partial charge >= 0.3 is 0 Å². The molecule has 260 valence electrons. The molecule has 0 spiro atoms. The zero-order valence-corrected chi connectivity index (χ0v) is 30.3. The average Bonchev–Trinajstić information content (AvgIpc) is 3.47. The lowest BCUT2D eigenvalue weighted by Crippen LogP contribution is -2.32. The van der Waals surface area contributed by atoms with Gasteiger partial charge in [-0.25, -0.2) is 0 Å². The van der Waals surface area contributed by atoms with Crippen LogP contribution in [0.4, 0.5) is 0 Å². The first-order valence-corrected chi connectivity index (χ1v) is 18.2. The van der Waals surface area contributed by atoms with Crippen molar-refractivity contribution in [3.8, 4) is 11.1 Å². The first-order chi connectivity index (χ1) is 26.1. The number of allylic oxidation sites excluding steroid dienone is 5. The Kier molecular flexibility index (Phi) is 10.8. The molecule has 1 unspecified atom stereocenters. The van der Waals surface area contributed by atoms with E-state index in [2.05, 4.69) is 170 Å². The Hall–Kier alpha value is -6.39. The highest BCUT2D eigenvalue weighted by Crippen LogP contribution is 2.37. The molecule has 53 heavy (non-hydrogen) atoms. The summed E-state index contributed by atoms with van der Waals surface area (Å²) in [6, 6.07) is 32.1. The summed E-state index contributed by atoms with van der Waals surface area (Å²) in [6.45, 7) is 12.5. The van der Waals surface area contributed by atoms with E-state index in [1.807, 2.05) is 18.3 Å². The quantitative estimate of drug-likeness (QED) is 0.102. The van der Waals surface area contributed by atoms with Crippen LogP contribution in [0, 0.1) is 0 Å². The second-order valence-electron chi connectivity index (χ2n) is 13.2. The van der Waals surface area contributed by atoms with Crippen LogP contribution in [0.3, 0.4) is 0 Å². The first-order valence-electron chi connectivity index (χ1n) is 18.2. The molecule has 0 N–H and O–H groups in total. The van der Waals surface area contributed by atoms with Crippen molar-refractivity contribution in [2.45, 2.75) is 25.4 Å². The Bertz CT molecular complexity index is 2370. The average molecular weight is 689 g/mol. The predicted molar refractivity (Wildman–Crippen MR) is 229 cm³/mol. The maximum atomic E-state index is 5.29. The predicted octanol–water partition coefficient (Wildman–Crippen LogP) is 11.9. The molecule has 1 atom stereocenters. The summed E-state index contributed by atoms with van der Waals surface area (Å²) in [7, 11) is 2.08. The van der Waals surface area contributed by atoms with E-state index in [-0.39, 0.29) is 6.17 Å². The maximum absolute atomic E-state index is 5.29. The molecule has 0 radical (unpaired) electrons. The van der Waals surface area contributed by atoms with Crippen molar-refractivity contribution in [1.29, 1.82) is 0 Å². The van der Waals surface area contributed by atoms with Gasteiger partial charge in [0.15, 0.2) is 0 Å². The van der Waals surface area contributed by atoms with Crippen LogP contribution in [-0.4, -0.2) is 36.0 Å². The molecule has 4 aromatic carbocycles. The summed E-state index contributed by atoms with van der Waals surface area (Å²) >= 11 is 0. The molecule has 2 aliphatic carbocycles. The van der Waals surface area contributed by atoms with Crippen LogP contribution in [0.25, 0.3) is 51.8 Å². The highest BCUT2D eigenvalue weighted by Gasteiger charge is 2.25. The standard InChI is InChI=1S/C49H44N4/c1-5-35-32-41(34-52-47(35)6-2)36-22-16-23-39(30-29-36)48(51-31-17-24-38-20-10-12-25-42(38)37-18-8-7-9-19-37)53(4)49(50-3)46-33-40-21-11-13-26-43(40)44-27-14-15-28-45(44)46/h5-10,12-20,23-30,32-34,49H,1-3,11,21-22,31H2,4H3/b24-17+,51-48?. The smallest absolute Gasteiger partial charge is 0.147 e. The number of aliphatic imine (C=N–C) groups is 2. The lowest BCUT2D eigenvalue weighted by molar-refractivity contribution is 0.391. The third-order valence-corrected chi connectivity index (χ3v) is 10.0. The number of hydrogen-bond acceptors (Lipinski definition) is 3. The Balaban J connectivity index is 1.28. The van der Waals surface area contributed by atoms with Gasteiger partial charge in [-0.3, -0.25) is 15.0 Å². The fraction of sp³-hybridized carbons (Fsp3) is 0.122. The SMILES string of the molecule is C=Cc1cc(C2=CC=C(C(=NC/C=C/c3ccccc3-c3ccccc3)N(C)C(N=C)c3cc4c(c5ccccc35)C=CCC4)C=CC2)cnc1C=C. The number of likely N-dealkylation sites (N-methyl/N-ethyl adjacent to an activating group) is 1. The molecule has 7 rings (SSSR count). The molecule has 2 aliphatic rings. The van der Waals surface area contributed by atoms with Gasteiger partial charge in [-0.1, -0.05) is 153 Å². The topological polar surface area (TPSA) is 40.9 Å². The van der Waals surface area contributed by atoms with Crippen LogP contribution >= 0.6 is 0 Å². The summed E-state index contributed by atoms with van der Waals surface area (Å²) in [5.74, 6) is 0.839. The maximum Gasteiger partial charge on any atom is 0.147 e. The largest absolute Gasteiger partial charge is 0.334 e. The van der Waals surface area contributed by atoms with Crippen LogP contribution < -0.4 is 0 Å². The summed E-state index contributed by atoms with van der Waals surface area (Å²) < 4.78 is 0. The van der Waals surface area contributed by atoms with Crippen molar-refractivity contribution >= 4 is 53.2 Å². The van der Waals surface area contributed by atoms with Crippen molar-refractivity contribution in [2.24, 2.45) is 9.98 Å². The van der Waals surface area contributed by atoms with Crippen LogP contribution in [-0.2, 0) is 6.42 Å². The van der Waals surface area contributed by atoms with Crippen LogP contribution in [0.1, 0.15) is 58.1 Å². The summed E-state index contributed by atoms with van der Waals surface area (Å²) in [5, 5.41) is 2.42. The summed E-state index contributed by atoms with van der Waals surface area (Å²) in [6.07, 6.45) is 25.5. The third-order valence-electron chi connectivity index (χ3n) is 10.0. The first kappa shape index (κ1) is 35.0. The summed E-state index contributed by atoms with van der Waals surface area (Å²) in [5.41, 5.74) is 12.3. The highest BCUT2D eigenvalue weighted by molar-refractivity contribution is 6.02. The number of pyridine rings is 1. The number of rotatable bonds is 11. The van der Waals surface area contributed by atoms with Crippen molar-refractivity contribution in [1.82, 2.24) is 9.88 Å². The van der Waals surface area contributed by atoms with Gasteiger partial charge in [0.05, 0.1) is 12.2 Å². The Morgan fingerprint density at radius 2 is 1.64 bits per heavy atom. The molecule has 0 saturated carbocycles. The number of amidine groups is 1. The van der Waals surface area contributed by atoms with Crippen molar-refractivity contribution in [2.75, 3.05) is 13.6 Å². The number of benzene rings is 4. The molecule has 0 amide bonds. The number of hydrogen-bond donors (Lipinski definition) is 0. The number of fused-ring (bicyclic) bond motifs is 3. The van der Waals surface area contributed by atoms with Gasteiger partial charge in [0.25, 0.3) is 0 Å². The molecule has 1 aromatic heterocycles. The van der Waals surface area contributed by atoms with Crippen LogP contribution in [0.5, 0.6) is 0 Å². The number of aryl methyl sites for hydroxylation is 1. The minimum Gasteiger partial charge on any atom is -0.334 e. The fourth-order valence-electron chi connectivity index (χ4n) is 7.33. The van der Waals surface area contributed by atoms with Gasteiger partial charge in [-0.15, -0.1) is 0 Å². The third kappa shape index (κ3) is 7.49. The van der Waals surface area contributed by atoms with E-state index in [1.54, 1.807) is 6.08 Å². The lowest BCUT2D eigenvalue weighted by Gasteiger charge is -2.30. The van der Waals surface area contributed by atoms with Crippen LogP contribution in [0.2, 0.25) is 0 Å². The minimum atomic E-state index is -0.357. The van der Waals surface area contributed by atoms with Crippen molar-refractivity contribution < 1.29 is 0 Å². The minimum absolute atomic E-state index is 0.357. The van der Waals surface area contributed by atoms with Gasteiger partial charge in [0.2, 0.25) is 0 Å². The molecule has 4 heteroatoms. The normalized spacial score (nSPS) is 14.6. The molecule has 5 aromatic rings. The van der Waals surface area contributed by atoms with Crippen molar-refractivity contribution in [3.05, 3.63) is 191 Å². The van der Waals surface area contributed by atoms with E-state index < -0.39 is 0 Å². The highest BCUT2D eigenvalue weighted by atomic mass is 15.3. The summed E-state index contributed by atoms with van der Waals surface area (Å²) in [4.78, 5) is 16.9.